The van der Waals surface area contributed by atoms with Gasteiger partial charge in [-0.15, -0.1) is 11.3 Å². The summed E-state index contributed by atoms with van der Waals surface area (Å²) in [6.07, 6.45) is 8.35. The highest BCUT2D eigenvalue weighted by molar-refractivity contribution is 7.19. The van der Waals surface area contributed by atoms with Gasteiger partial charge in [0.15, 0.2) is 5.82 Å². The SMILES string of the molecule is Cc1cnccc1-c1nc(Cl)c2c3c(sc2n1)CCCC3. The second-order valence-electron chi connectivity index (χ2n) is 5.42. The van der Waals surface area contributed by atoms with Crippen molar-refractivity contribution in [2.45, 2.75) is 32.6 Å². The summed E-state index contributed by atoms with van der Waals surface area (Å²) in [5, 5.41) is 1.66. The molecule has 4 rings (SSSR count). The Labute approximate surface area is 132 Å². The predicted molar refractivity (Wildman–Crippen MR) is 87.0 cm³/mol. The monoisotopic (exact) mass is 315 g/mol. The van der Waals surface area contributed by atoms with Gasteiger partial charge in [-0.1, -0.05) is 11.6 Å². The smallest absolute Gasteiger partial charge is 0.162 e. The van der Waals surface area contributed by atoms with Crippen LogP contribution in [0.2, 0.25) is 5.15 Å². The van der Waals surface area contributed by atoms with E-state index in [1.165, 1.54) is 23.3 Å². The van der Waals surface area contributed by atoms with Crippen molar-refractivity contribution in [1.82, 2.24) is 15.0 Å². The number of thiophene rings is 1. The van der Waals surface area contributed by atoms with Crippen LogP contribution in [-0.4, -0.2) is 15.0 Å². The molecule has 3 aromatic rings. The van der Waals surface area contributed by atoms with Gasteiger partial charge < -0.3 is 0 Å². The lowest BCUT2D eigenvalue weighted by atomic mass is 9.97. The van der Waals surface area contributed by atoms with Gasteiger partial charge in [-0.2, -0.15) is 0 Å². The first kappa shape index (κ1) is 13.2. The van der Waals surface area contributed by atoms with E-state index in [2.05, 4.69) is 9.97 Å². The normalized spacial score (nSPS) is 14.4. The van der Waals surface area contributed by atoms with E-state index in [9.17, 15) is 0 Å². The van der Waals surface area contributed by atoms with Crippen molar-refractivity contribution in [3.05, 3.63) is 39.6 Å². The van der Waals surface area contributed by atoms with Gasteiger partial charge in [0.25, 0.3) is 0 Å². The number of nitrogens with zero attached hydrogens (tertiary/aromatic N) is 3. The molecule has 0 N–H and O–H groups in total. The molecule has 0 fully saturated rings. The first-order valence-electron chi connectivity index (χ1n) is 7.13. The van der Waals surface area contributed by atoms with Crippen LogP contribution >= 0.6 is 22.9 Å². The highest BCUT2D eigenvalue weighted by Gasteiger charge is 2.21. The molecule has 0 aromatic carbocycles. The van der Waals surface area contributed by atoms with E-state index in [4.69, 9.17) is 16.6 Å². The van der Waals surface area contributed by atoms with Crippen molar-refractivity contribution < 1.29 is 0 Å². The van der Waals surface area contributed by atoms with Crippen LogP contribution in [-0.2, 0) is 12.8 Å². The van der Waals surface area contributed by atoms with Gasteiger partial charge in [0, 0.05) is 22.8 Å². The summed E-state index contributed by atoms with van der Waals surface area (Å²) >= 11 is 8.26. The summed E-state index contributed by atoms with van der Waals surface area (Å²) in [5.74, 6) is 0.700. The molecule has 0 bridgehead atoms. The molecule has 0 amide bonds. The number of hydrogen-bond donors (Lipinski definition) is 0. The maximum atomic E-state index is 6.48. The molecule has 1 aliphatic rings. The van der Waals surface area contributed by atoms with E-state index in [1.54, 1.807) is 17.5 Å². The molecule has 0 saturated carbocycles. The Hall–Kier alpha value is -1.52. The van der Waals surface area contributed by atoms with Gasteiger partial charge in [0.2, 0.25) is 0 Å². The predicted octanol–water partition coefficient (Wildman–Crippen LogP) is 4.59. The number of aryl methyl sites for hydroxylation is 3. The van der Waals surface area contributed by atoms with Gasteiger partial charge in [-0.05, 0) is 49.8 Å². The maximum Gasteiger partial charge on any atom is 0.162 e. The lowest BCUT2D eigenvalue weighted by Gasteiger charge is -2.10. The van der Waals surface area contributed by atoms with Crippen LogP contribution in [0.5, 0.6) is 0 Å². The number of halogens is 1. The molecule has 0 radical (unpaired) electrons. The minimum atomic E-state index is 0.589. The highest BCUT2D eigenvalue weighted by atomic mass is 35.5. The van der Waals surface area contributed by atoms with Crippen LogP contribution in [0.15, 0.2) is 18.5 Å². The van der Waals surface area contributed by atoms with Crippen LogP contribution in [0, 0.1) is 6.92 Å². The molecule has 0 saturated heterocycles. The highest BCUT2D eigenvalue weighted by Crippen LogP contribution is 2.39. The van der Waals surface area contributed by atoms with E-state index in [-0.39, 0.29) is 0 Å². The number of rotatable bonds is 1. The van der Waals surface area contributed by atoms with E-state index in [0.29, 0.717) is 11.0 Å². The van der Waals surface area contributed by atoms with Gasteiger partial charge in [0.1, 0.15) is 9.98 Å². The van der Waals surface area contributed by atoms with Crippen molar-refractivity contribution >= 4 is 33.2 Å². The maximum absolute atomic E-state index is 6.48. The fraction of sp³-hybridized carbons (Fsp3) is 0.312. The lowest BCUT2D eigenvalue weighted by Crippen LogP contribution is -1.99. The molecule has 21 heavy (non-hydrogen) atoms. The fourth-order valence-corrected chi connectivity index (χ4v) is 4.56. The fourth-order valence-electron chi connectivity index (χ4n) is 2.96. The third-order valence-electron chi connectivity index (χ3n) is 4.03. The largest absolute Gasteiger partial charge is 0.264 e. The summed E-state index contributed by atoms with van der Waals surface area (Å²) in [6, 6.07) is 1.94. The average Bonchev–Trinajstić information content (AvgIpc) is 2.86. The first-order chi connectivity index (χ1) is 10.2. The summed E-state index contributed by atoms with van der Waals surface area (Å²) in [5.41, 5.74) is 3.44. The van der Waals surface area contributed by atoms with E-state index in [0.717, 1.165) is 34.2 Å². The second-order valence-corrected chi connectivity index (χ2v) is 6.86. The third kappa shape index (κ3) is 2.14. The number of fused-ring (bicyclic) bond motifs is 3. The van der Waals surface area contributed by atoms with Crippen molar-refractivity contribution in [2.24, 2.45) is 0 Å². The average molecular weight is 316 g/mol. The Morgan fingerprint density at radius 3 is 2.90 bits per heavy atom. The van der Waals surface area contributed by atoms with E-state index in [1.807, 2.05) is 19.2 Å². The van der Waals surface area contributed by atoms with E-state index < -0.39 is 0 Å². The third-order valence-corrected chi connectivity index (χ3v) is 5.49. The quantitative estimate of drug-likeness (QED) is 0.616. The second kappa shape index (κ2) is 5.04. The Kier molecular flexibility index (Phi) is 3.16. The molecule has 0 atom stereocenters. The van der Waals surface area contributed by atoms with Crippen molar-refractivity contribution in [3.63, 3.8) is 0 Å². The number of hydrogen-bond acceptors (Lipinski definition) is 4. The minimum absolute atomic E-state index is 0.589. The van der Waals surface area contributed by atoms with Gasteiger partial charge >= 0.3 is 0 Å². The molecule has 5 heteroatoms. The van der Waals surface area contributed by atoms with Crippen LogP contribution in [0.3, 0.4) is 0 Å². The summed E-state index contributed by atoms with van der Waals surface area (Å²) in [6.45, 7) is 2.02. The van der Waals surface area contributed by atoms with Crippen LogP contribution in [0.25, 0.3) is 21.6 Å². The number of aromatic nitrogens is 3. The molecule has 3 heterocycles. The van der Waals surface area contributed by atoms with Crippen molar-refractivity contribution in [2.75, 3.05) is 0 Å². The van der Waals surface area contributed by atoms with Crippen molar-refractivity contribution in [1.29, 1.82) is 0 Å². The molecular weight excluding hydrogens is 302 g/mol. The minimum Gasteiger partial charge on any atom is -0.264 e. The molecule has 1 aliphatic carbocycles. The van der Waals surface area contributed by atoms with Crippen molar-refractivity contribution in [3.8, 4) is 11.4 Å². The Balaban J connectivity index is 1.96. The first-order valence-corrected chi connectivity index (χ1v) is 8.32. The van der Waals surface area contributed by atoms with Gasteiger partial charge in [-0.3, -0.25) is 4.98 Å². The van der Waals surface area contributed by atoms with Crippen LogP contribution < -0.4 is 0 Å². The lowest BCUT2D eigenvalue weighted by molar-refractivity contribution is 0.700. The zero-order valence-corrected chi connectivity index (χ0v) is 13.3. The topological polar surface area (TPSA) is 38.7 Å². The molecule has 0 unspecified atom stereocenters. The molecule has 0 spiro atoms. The Morgan fingerprint density at radius 2 is 2.05 bits per heavy atom. The Morgan fingerprint density at radius 1 is 1.19 bits per heavy atom. The Bertz CT molecular complexity index is 841. The summed E-state index contributed by atoms with van der Waals surface area (Å²) in [4.78, 5) is 15.9. The van der Waals surface area contributed by atoms with Gasteiger partial charge in [0.05, 0.1) is 5.39 Å². The summed E-state index contributed by atoms with van der Waals surface area (Å²) < 4.78 is 0. The molecule has 3 nitrogen and oxygen atoms in total. The molecule has 0 aliphatic heterocycles. The van der Waals surface area contributed by atoms with Gasteiger partial charge in [-0.25, -0.2) is 9.97 Å². The van der Waals surface area contributed by atoms with E-state index >= 15 is 0 Å². The van der Waals surface area contributed by atoms with Crippen LogP contribution in [0.1, 0.15) is 28.8 Å². The summed E-state index contributed by atoms with van der Waals surface area (Å²) in [7, 11) is 0. The molecule has 3 aromatic heterocycles. The molecule has 106 valence electrons. The zero-order valence-electron chi connectivity index (χ0n) is 11.7. The standard InChI is InChI=1S/C16H14ClN3S/c1-9-8-18-7-6-10(9)15-19-14(17)13-11-4-2-3-5-12(11)21-16(13)20-15/h6-8H,2-5H2,1H3. The molecular formula is C16H14ClN3S. The number of pyridine rings is 1. The zero-order chi connectivity index (χ0) is 14.4. The van der Waals surface area contributed by atoms with Crippen LogP contribution in [0.4, 0.5) is 0 Å².